The smallest absolute Gasteiger partial charge is 0.267 e. The van der Waals surface area contributed by atoms with Crippen LogP contribution in [0.3, 0.4) is 0 Å². The molecule has 1 aromatic rings. The monoisotopic (exact) mass is 303 g/mol. The number of likely N-dealkylation sites (N-methyl/N-ethyl adjacent to an activating group) is 1. The Bertz CT molecular complexity index is 352. The standard InChI is InChI=1S/C11H18BrN3O2/c1-15(2)4-6-17-5-3-13-11(16)10-7-9(12)8-14-10/h7-8,14H,3-6H2,1-2H3,(H,13,16). The molecule has 1 rings (SSSR count). The molecular formula is C11H18BrN3O2. The molecule has 1 heterocycles. The van der Waals surface area contributed by atoms with Crippen LogP contribution >= 0.6 is 15.9 Å². The van der Waals surface area contributed by atoms with Crippen LogP contribution in [-0.2, 0) is 4.74 Å². The van der Waals surface area contributed by atoms with Gasteiger partial charge in [0.05, 0.1) is 13.2 Å². The van der Waals surface area contributed by atoms with Gasteiger partial charge in [-0.3, -0.25) is 4.79 Å². The maximum absolute atomic E-state index is 11.6. The van der Waals surface area contributed by atoms with Crippen molar-refractivity contribution in [2.24, 2.45) is 0 Å². The lowest BCUT2D eigenvalue weighted by atomic mass is 10.4. The van der Waals surface area contributed by atoms with E-state index in [0.717, 1.165) is 11.0 Å². The molecule has 0 saturated heterocycles. The normalized spacial score (nSPS) is 10.8. The second kappa shape index (κ2) is 7.47. The molecule has 0 atom stereocenters. The number of aromatic amines is 1. The van der Waals surface area contributed by atoms with Gasteiger partial charge in [0, 0.05) is 23.8 Å². The Morgan fingerprint density at radius 1 is 1.53 bits per heavy atom. The van der Waals surface area contributed by atoms with Crippen LogP contribution in [-0.4, -0.2) is 56.2 Å². The Labute approximate surface area is 110 Å². The van der Waals surface area contributed by atoms with Crippen molar-refractivity contribution in [3.05, 3.63) is 22.4 Å². The summed E-state index contributed by atoms with van der Waals surface area (Å²) >= 11 is 3.28. The largest absolute Gasteiger partial charge is 0.378 e. The number of nitrogens with zero attached hydrogens (tertiary/aromatic N) is 1. The number of hydrogen-bond donors (Lipinski definition) is 2. The van der Waals surface area contributed by atoms with Gasteiger partial charge in [0.15, 0.2) is 0 Å². The predicted octanol–water partition coefficient (Wildman–Crippen LogP) is 1.09. The van der Waals surface area contributed by atoms with Gasteiger partial charge in [0.1, 0.15) is 5.69 Å². The summed E-state index contributed by atoms with van der Waals surface area (Å²) in [6.45, 7) is 2.61. The molecule has 0 radical (unpaired) electrons. The van der Waals surface area contributed by atoms with Crippen LogP contribution in [0, 0.1) is 0 Å². The van der Waals surface area contributed by atoms with E-state index in [1.807, 2.05) is 14.1 Å². The Kier molecular flexibility index (Phi) is 6.25. The van der Waals surface area contributed by atoms with Gasteiger partial charge in [0.25, 0.3) is 5.91 Å². The minimum Gasteiger partial charge on any atom is -0.378 e. The Morgan fingerprint density at radius 2 is 2.29 bits per heavy atom. The van der Waals surface area contributed by atoms with Crippen LogP contribution in [0.15, 0.2) is 16.7 Å². The number of aromatic nitrogens is 1. The van der Waals surface area contributed by atoms with Crippen molar-refractivity contribution < 1.29 is 9.53 Å². The fourth-order valence-corrected chi connectivity index (χ4v) is 1.52. The van der Waals surface area contributed by atoms with Gasteiger partial charge in [-0.2, -0.15) is 0 Å². The summed E-state index contributed by atoms with van der Waals surface area (Å²) in [6.07, 6.45) is 1.72. The summed E-state index contributed by atoms with van der Waals surface area (Å²) in [5.74, 6) is -0.119. The number of hydrogen-bond acceptors (Lipinski definition) is 3. The molecule has 96 valence electrons. The van der Waals surface area contributed by atoms with Gasteiger partial charge < -0.3 is 19.9 Å². The number of ether oxygens (including phenoxy) is 1. The molecule has 6 heteroatoms. The zero-order valence-electron chi connectivity index (χ0n) is 10.1. The molecule has 0 aliphatic carbocycles. The molecule has 1 aromatic heterocycles. The van der Waals surface area contributed by atoms with Gasteiger partial charge in [-0.25, -0.2) is 0 Å². The van der Waals surface area contributed by atoms with Gasteiger partial charge in [0.2, 0.25) is 0 Å². The molecule has 17 heavy (non-hydrogen) atoms. The van der Waals surface area contributed by atoms with Gasteiger partial charge in [-0.05, 0) is 36.1 Å². The van der Waals surface area contributed by atoms with Gasteiger partial charge in [-0.15, -0.1) is 0 Å². The SMILES string of the molecule is CN(C)CCOCCNC(=O)c1cc(Br)c[nH]1. The topological polar surface area (TPSA) is 57.4 Å². The quantitative estimate of drug-likeness (QED) is 0.741. The van der Waals surface area contributed by atoms with Crippen LogP contribution in [0.2, 0.25) is 0 Å². The highest BCUT2D eigenvalue weighted by Crippen LogP contribution is 2.09. The molecule has 0 unspecified atom stereocenters. The van der Waals surface area contributed by atoms with Crippen LogP contribution in [0.25, 0.3) is 0 Å². The average molecular weight is 304 g/mol. The van der Waals surface area contributed by atoms with E-state index >= 15 is 0 Å². The van der Waals surface area contributed by atoms with Crippen molar-refractivity contribution in [1.29, 1.82) is 0 Å². The molecular weight excluding hydrogens is 286 g/mol. The first-order valence-electron chi connectivity index (χ1n) is 5.44. The van der Waals surface area contributed by atoms with E-state index in [9.17, 15) is 4.79 Å². The first-order chi connectivity index (χ1) is 8.09. The van der Waals surface area contributed by atoms with Crippen molar-refractivity contribution in [2.75, 3.05) is 40.4 Å². The molecule has 0 bridgehead atoms. The molecule has 0 spiro atoms. The molecule has 0 aliphatic rings. The lowest BCUT2D eigenvalue weighted by molar-refractivity contribution is 0.0896. The summed E-state index contributed by atoms with van der Waals surface area (Å²) in [4.78, 5) is 16.5. The minimum atomic E-state index is -0.119. The van der Waals surface area contributed by atoms with Crippen LogP contribution in [0.5, 0.6) is 0 Å². The highest BCUT2D eigenvalue weighted by Gasteiger charge is 2.06. The highest BCUT2D eigenvalue weighted by atomic mass is 79.9. The van der Waals surface area contributed by atoms with E-state index in [4.69, 9.17) is 4.74 Å². The van der Waals surface area contributed by atoms with E-state index in [1.165, 1.54) is 0 Å². The van der Waals surface area contributed by atoms with Crippen LogP contribution in [0.1, 0.15) is 10.5 Å². The van der Waals surface area contributed by atoms with Crippen LogP contribution in [0.4, 0.5) is 0 Å². The summed E-state index contributed by atoms with van der Waals surface area (Å²) in [5.41, 5.74) is 0.546. The van der Waals surface area contributed by atoms with Crippen LogP contribution < -0.4 is 5.32 Å². The fourth-order valence-electron chi connectivity index (χ4n) is 1.18. The number of amides is 1. The summed E-state index contributed by atoms with van der Waals surface area (Å²) in [6, 6.07) is 1.74. The molecule has 5 nitrogen and oxygen atoms in total. The molecule has 0 saturated carbocycles. The van der Waals surface area contributed by atoms with Crippen molar-refractivity contribution in [2.45, 2.75) is 0 Å². The summed E-state index contributed by atoms with van der Waals surface area (Å²) < 4.78 is 6.23. The first-order valence-corrected chi connectivity index (χ1v) is 6.23. The van der Waals surface area contributed by atoms with Gasteiger partial charge >= 0.3 is 0 Å². The lowest BCUT2D eigenvalue weighted by Crippen LogP contribution is -2.28. The second-order valence-electron chi connectivity index (χ2n) is 3.90. The fraction of sp³-hybridized carbons (Fsp3) is 0.545. The molecule has 1 amide bonds. The molecule has 0 fully saturated rings. The van der Waals surface area contributed by atoms with Gasteiger partial charge in [-0.1, -0.05) is 0 Å². The number of rotatable bonds is 7. The lowest BCUT2D eigenvalue weighted by Gasteiger charge is -2.10. The summed E-state index contributed by atoms with van der Waals surface area (Å²) in [7, 11) is 3.99. The van der Waals surface area contributed by atoms with E-state index in [0.29, 0.717) is 25.5 Å². The first kappa shape index (κ1) is 14.2. The van der Waals surface area contributed by atoms with E-state index in [2.05, 4.69) is 31.1 Å². The number of nitrogens with one attached hydrogen (secondary N) is 2. The molecule has 0 aliphatic heterocycles. The Hall–Kier alpha value is -0.850. The number of H-pyrrole nitrogens is 1. The Balaban J connectivity index is 2.09. The average Bonchev–Trinajstić information content (AvgIpc) is 2.69. The number of carbonyl (C=O) groups excluding carboxylic acids is 1. The van der Waals surface area contributed by atoms with Crippen molar-refractivity contribution in [1.82, 2.24) is 15.2 Å². The van der Waals surface area contributed by atoms with E-state index in [-0.39, 0.29) is 5.91 Å². The zero-order chi connectivity index (χ0) is 12.7. The third-order valence-corrected chi connectivity index (χ3v) is 2.57. The predicted molar refractivity (Wildman–Crippen MR) is 70.2 cm³/mol. The number of halogens is 1. The van der Waals surface area contributed by atoms with Crippen molar-refractivity contribution in [3.8, 4) is 0 Å². The van der Waals surface area contributed by atoms with E-state index in [1.54, 1.807) is 12.3 Å². The molecule has 2 N–H and O–H groups in total. The third kappa shape index (κ3) is 5.86. The maximum atomic E-state index is 11.6. The third-order valence-electron chi connectivity index (χ3n) is 2.11. The maximum Gasteiger partial charge on any atom is 0.267 e. The van der Waals surface area contributed by atoms with E-state index < -0.39 is 0 Å². The van der Waals surface area contributed by atoms with Crippen molar-refractivity contribution in [3.63, 3.8) is 0 Å². The molecule has 0 aromatic carbocycles. The zero-order valence-corrected chi connectivity index (χ0v) is 11.7. The minimum absolute atomic E-state index is 0.119. The Morgan fingerprint density at radius 3 is 2.88 bits per heavy atom. The summed E-state index contributed by atoms with van der Waals surface area (Å²) in [5, 5.41) is 2.77. The second-order valence-corrected chi connectivity index (χ2v) is 4.82. The number of carbonyl (C=O) groups is 1. The van der Waals surface area contributed by atoms with Crippen molar-refractivity contribution >= 4 is 21.8 Å². The highest BCUT2D eigenvalue weighted by molar-refractivity contribution is 9.10.